The Hall–Kier alpha value is -1.57. The van der Waals surface area contributed by atoms with E-state index in [2.05, 4.69) is 18.2 Å². The van der Waals surface area contributed by atoms with Crippen molar-refractivity contribution in [3.63, 3.8) is 0 Å². The molecule has 1 heterocycles. The molecule has 0 aromatic carbocycles. The van der Waals surface area contributed by atoms with Crippen LogP contribution in [0.2, 0.25) is 0 Å². The summed E-state index contributed by atoms with van der Waals surface area (Å²) >= 11 is 0. The molecule has 0 saturated carbocycles. The van der Waals surface area contributed by atoms with Gasteiger partial charge in [-0.2, -0.15) is 0 Å². The van der Waals surface area contributed by atoms with E-state index in [0.717, 1.165) is 17.7 Å². The van der Waals surface area contributed by atoms with Gasteiger partial charge in [-0.3, -0.25) is 4.79 Å². The second-order valence-electron chi connectivity index (χ2n) is 3.87. The first-order valence-corrected chi connectivity index (χ1v) is 4.86. The second-order valence-corrected chi connectivity index (χ2v) is 3.87. The first-order valence-electron chi connectivity index (χ1n) is 4.86. The van der Waals surface area contributed by atoms with Crippen LogP contribution in [0.15, 0.2) is 47.2 Å². The van der Waals surface area contributed by atoms with Crippen LogP contribution in [0.3, 0.4) is 0 Å². The van der Waals surface area contributed by atoms with Crippen molar-refractivity contribution in [1.29, 1.82) is 0 Å². The van der Waals surface area contributed by atoms with Crippen molar-refractivity contribution in [2.75, 3.05) is 7.05 Å². The van der Waals surface area contributed by atoms with Crippen molar-refractivity contribution in [3.05, 3.63) is 47.2 Å². The van der Waals surface area contributed by atoms with Gasteiger partial charge in [-0.15, -0.1) is 0 Å². The Labute approximate surface area is 82.9 Å². The number of carbonyl (C=O) groups excluding carboxylic acids is 1. The highest BCUT2D eigenvalue weighted by molar-refractivity contribution is 6.03. The van der Waals surface area contributed by atoms with Crippen LogP contribution in [-0.2, 0) is 4.79 Å². The third kappa shape index (κ3) is 0.782. The maximum absolute atomic E-state index is 11.8. The van der Waals surface area contributed by atoms with Crippen LogP contribution in [-0.4, -0.2) is 17.9 Å². The van der Waals surface area contributed by atoms with Gasteiger partial charge in [-0.05, 0) is 18.1 Å². The molecule has 1 atom stereocenters. The van der Waals surface area contributed by atoms with Gasteiger partial charge in [0.15, 0.2) is 0 Å². The van der Waals surface area contributed by atoms with Crippen molar-refractivity contribution in [2.24, 2.45) is 5.92 Å². The van der Waals surface area contributed by atoms with Crippen LogP contribution < -0.4 is 0 Å². The molecule has 0 spiro atoms. The van der Waals surface area contributed by atoms with Gasteiger partial charge in [0.2, 0.25) is 0 Å². The van der Waals surface area contributed by atoms with Crippen molar-refractivity contribution in [3.8, 4) is 0 Å². The molecule has 2 aliphatic carbocycles. The van der Waals surface area contributed by atoms with Gasteiger partial charge in [0.1, 0.15) is 0 Å². The number of likely N-dealkylation sites (N-methyl/N-ethyl adjacent to an activating group) is 1. The molecular weight excluding hydrogens is 174 g/mol. The molecule has 0 fully saturated rings. The van der Waals surface area contributed by atoms with Crippen LogP contribution in [0.5, 0.6) is 0 Å². The first-order chi connectivity index (χ1) is 6.79. The van der Waals surface area contributed by atoms with Crippen molar-refractivity contribution >= 4 is 5.91 Å². The summed E-state index contributed by atoms with van der Waals surface area (Å²) in [5, 5.41) is 0. The Bertz CT molecular complexity index is 437. The molecule has 2 heteroatoms. The fraction of sp³-hybridized carbons (Fsp3) is 0.250. The third-order valence-corrected chi connectivity index (χ3v) is 3.11. The highest BCUT2D eigenvalue weighted by Crippen LogP contribution is 2.41. The summed E-state index contributed by atoms with van der Waals surface area (Å²) in [4.78, 5) is 13.6. The van der Waals surface area contributed by atoms with Gasteiger partial charge in [0.05, 0.1) is 0 Å². The molecule has 2 nitrogen and oxygen atoms in total. The Morgan fingerprint density at radius 3 is 3.21 bits per heavy atom. The average Bonchev–Trinajstić information content (AvgIpc) is 2.47. The quantitative estimate of drug-likeness (QED) is 0.563. The van der Waals surface area contributed by atoms with Crippen LogP contribution in [0, 0.1) is 5.92 Å². The van der Waals surface area contributed by atoms with E-state index in [-0.39, 0.29) is 5.91 Å². The minimum Gasteiger partial charge on any atom is -0.311 e. The van der Waals surface area contributed by atoms with Crippen LogP contribution in [0.4, 0.5) is 0 Å². The van der Waals surface area contributed by atoms with E-state index in [1.54, 1.807) is 4.90 Å². The SMILES string of the molecule is CN1C(=O)C2=C3C1=CC=CC3CC=C2. The Balaban J connectivity index is 2.25. The van der Waals surface area contributed by atoms with E-state index in [0.29, 0.717) is 5.92 Å². The lowest BCUT2D eigenvalue weighted by Gasteiger charge is -2.22. The highest BCUT2D eigenvalue weighted by Gasteiger charge is 2.36. The smallest absolute Gasteiger partial charge is 0.258 e. The molecule has 0 N–H and O–H groups in total. The van der Waals surface area contributed by atoms with E-state index in [1.165, 1.54) is 5.57 Å². The van der Waals surface area contributed by atoms with Crippen LogP contribution in [0.1, 0.15) is 6.42 Å². The van der Waals surface area contributed by atoms with Crippen molar-refractivity contribution in [1.82, 2.24) is 4.90 Å². The highest BCUT2D eigenvalue weighted by atomic mass is 16.2. The Morgan fingerprint density at radius 1 is 1.50 bits per heavy atom. The fourth-order valence-corrected chi connectivity index (χ4v) is 2.38. The van der Waals surface area contributed by atoms with E-state index in [4.69, 9.17) is 0 Å². The van der Waals surface area contributed by atoms with E-state index in [9.17, 15) is 4.79 Å². The largest absolute Gasteiger partial charge is 0.311 e. The van der Waals surface area contributed by atoms with Crippen LogP contribution >= 0.6 is 0 Å². The maximum atomic E-state index is 11.8. The minimum atomic E-state index is 0.135. The van der Waals surface area contributed by atoms with Crippen molar-refractivity contribution in [2.45, 2.75) is 6.42 Å². The summed E-state index contributed by atoms with van der Waals surface area (Å²) in [6.45, 7) is 0. The summed E-state index contributed by atoms with van der Waals surface area (Å²) < 4.78 is 0. The van der Waals surface area contributed by atoms with E-state index < -0.39 is 0 Å². The van der Waals surface area contributed by atoms with Gasteiger partial charge < -0.3 is 4.90 Å². The molecule has 0 radical (unpaired) electrons. The number of hydrogen-bond donors (Lipinski definition) is 0. The van der Waals surface area contributed by atoms with E-state index in [1.807, 2.05) is 19.2 Å². The average molecular weight is 185 g/mol. The number of allylic oxidation sites excluding steroid dienone is 5. The number of hydrogen-bond acceptors (Lipinski definition) is 1. The molecule has 0 aromatic heterocycles. The molecule has 0 saturated heterocycles. The lowest BCUT2D eigenvalue weighted by atomic mass is 9.84. The lowest BCUT2D eigenvalue weighted by molar-refractivity contribution is -0.122. The standard InChI is InChI=1S/C12H11NO/c1-13-10-7-3-5-8-4-2-6-9(11(8)10)12(13)14/h2-3,5-8H,4H2,1H3. The van der Waals surface area contributed by atoms with Gasteiger partial charge >= 0.3 is 0 Å². The molecule has 70 valence electrons. The predicted molar refractivity (Wildman–Crippen MR) is 54.3 cm³/mol. The molecule has 3 rings (SSSR count). The lowest BCUT2D eigenvalue weighted by Crippen LogP contribution is -2.20. The van der Waals surface area contributed by atoms with Gasteiger partial charge in [-0.25, -0.2) is 0 Å². The van der Waals surface area contributed by atoms with Crippen LogP contribution in [0.25, 0.3) is 0 Å². The van der Waals surface area contributed by atoms with Crippen molar-refractivity contribution < 1.29 is 4.79 Å². The molecule has 1 unspecified atom stereocenters. The molecule has 1 aliphatic heterocycles. The summed E-state index contributed by atoms with van der Waals surface area (Å²) in [6.07, 6.45) is 11.3. The zero-order valence-corrected chi connectivity index (χ0v) is 8.03. The van der Waals surface area contributed by atoms with Gasteiger partial charge in [0.25, 0.3) is 5.91 Å². The molecule has 14 heavy (non-hydrogen) atoms. The van der Waals surface area contributed by atoms with Gasteiger partial charge in [0, 0.05) is 24.2 Å². The second kappa shape index (κ2) is 2.47. The Kier molecular flexibility index (Phi) is 1.38. The minimum absolute atomic E-state index is 0.135. The zero-order chi connectivity index (χ0) is 9.71. The number of amides is 1. The number of carbonyl (C=O) groups is 1. The maximum Gasteiger partial charge on any atom is 0.258 e. The summed E-state index contributed by atoms with van der Waals surface area (Å²) in [5.41, 5.74) is 3.20. The normalized spacial score (nSPS) is 28.4. The summed E-state index contributed by atoms with van der Waals surface area (Å²) in [7, 11) is 1.84. The monoisotopic (exact) mass is 185 g/mol. The first kappa shape index (κ1) is 7.80. The third-order valence-electron chi connectivity index (χ3n) is 3.11. The Morgan fingerprint density at radius 2 is 2.36 bits per heavy atom. The molecule has 0 aromatic rings. The van der Waals surface area contributed by atoms with E-state index >= 15 is 0 Å². The molecule has 1 amide bonds. The zero-order valence-electron chi connectivity index (χ0n) is 8.03. The molecular formula is C12H11NO. The fourth-order valence-electron chi connectivity index (χ4n) is 2.38. The number of rotatable bonds is 0. The molecule has 0 bridgehead atoms. The van der Waals surface area contributed by atoms with Gasteiger partial charge in [-0.1, -0.05) is 24.3 Å². The topological polar surface area (TPSA) is 20.3 Å². The summed E-state index contributed by atoms with van der Waals surface area (Å²) in [5.74, 6) is 0.555. The number of nitrogens with zero attached hydrogens (tertiary/aromatic N) is 1. The predicted octanol–water partition coefficient (Wildman–Crippen LogP) is 1.78. The summed E-state index contributed by atoms with van der Waals surface area (Å²) in [6, 6.07) is 0. The molecule has 3 aliphatic rings.